The highest BCUT2D eigenvalue weighted by atomic mass is 32.2. The molecule has 3 rings (SSSR count). The zero-order valence-corrected chi connectivity index (χ0v) is 13.8. The lowest BCUT2D eigenvalue weighted by Gasteiger charge is -2.29. The first-order valence-electron chi connectivity index (χ1n) is 7.45. The molecule has 0 amide bonds. The van der Waals surface area contributed by atoms with Crippen molar-refractivity contribution in [3.05, 3.63) is 41.6 Å². The van der Waals surface area contributed by atoms with Crippen LogP contribution in [0.3, 0.4) is 0 Å². The molecule has 0 spiro atoms. The van der Waals surface area contributed by atoms with Crippen LogP contribution in [0.4, 0.5) is 22.0 Å². The van der Waals surface area contributed by atoms with Crippen LogP contribution in [0.5, 0.6) is 0 Å². The number of piperidine rings is 1. The monoisotopic (exact) mass is 397 g/mol. The zero-order chi connectivity index (χ0) is 19.1. The molecule has 1 saturated heterocycles. The van der Waals surface area contributed by atoms with Crippen LogP contribution in [0.2, 0.25) is 0 Å². The molecule has 12 heteroatoms. The van der Waals surface area contributed by atoms with Crippen molar-refractivity contribution >= 4 is 10.0 Å². The van der Waals surface area contributed by atoms with Crippen molar-refractivity contribution in [2.75, 3.05) is 13.1 Å². The molecular formula is C14H12F5N3O3S. The highest BCUT2D eigenvalue weighted by Crippen LogP contribution is 2.34. The molecule has 26 heavy (non-hydrogen) atoms. The maximum absolute atomic E-state index is 13.8. The first-order valence-corrected chi connectivity index (χ1v) is 8.89. The molecule has 1 aliphatic rings. The normalized spacial score (nSPS) is 17.6. The Morgan fingerprint density at radius 3 is 2.31 bits per heavy atom. The fourth-order valence-electron chi connectivity index (χ4n) is 2.68. The van der Waals surface area contributed by atoms with Crippen LogP contribution in [0, 0.1) is 11.6 Å². The van der Waals surface area contributed by atoms with Gasteiger partial charge < -0.3 is 4.42 Å². The van der Waals surface area contributed by atoms with Gasteiger partial charge in [0.05, 0.1) is 0 Å². The van der Waals surface area contributed by atoms with Crippen molar-refractivity contribution in [1.29, 1.82) is 0 Å². The predicted molar refractivity (Wildman–Crippen MR) is 76.4 cm³/mol. The highest BCUT2D eigenvalue weighted by molar-refractivity contribution is 7.89. The van der Waals surface area contributed by atoms with Gasteiger partial charge in [0.15, 0.2) is 0 Å². The Kier molecular flexibility index (Phi) is 4.73. The maximum Gasteiger partial charge on any atom is 0.470 e. The van der Waals surface area contributed by atoms with Gasteiger partial charge in [-0.2, -0.15) is 17.5 Å². The topological polar surface area (TPSA) is 76.3 Å². The van der Waals surface area contributed by atoms with Crippen molar-refractivity contribution in [2.24, 2.45) is 0 Å². The average Bonchev–Trinajstić information content (AvgIpc) is 3.05. The summed E-state index contributed by atoms with van der Waals surface area (Å²) >= 11 is 0. The summed E-state index contributed by atoms with van der Waals surface area (Å²) in [5.74, 6) is -4.34. The Bertz CT molecular complexity index is 905. The number of sulfonamides is 1. The summed E-state index contributed by atoms with van der Waals surface area (Å²) in [6.07, 6.45) is -4.50. The average molecular weight is 397 g/mol. The molecule has 1 aromatic carbocycles. The van der Waals surface area contributed by atoms with E-state index in [-0.39, 0.29) is 31.8 Å². The molecule has 2 heterocycles. The lowest BCUT2D eigenvalue weighted by molar-refractivity contribution is -0.157. The molecule has 142 valence electrons. The van der Waals surface area contributed by atoms with Crippen LogP contribution in [-0.4, -0.2) is 36.0 Å². The van der Waals surface area contributed by atoms with Gasteiger partial charge in [-0.05, 0) is 25.0 Å². The van der Waals surface area contributed by atoms with Gasteiger partial charge in [0.25, 0.3) is 0 Å². The number of aromatic nitrogens is 2. The number of benzene rings is 1. The lowest BCUT2D eigenvalue weighted by Crippen LogP contribution is -2.38. The van der Waals surface area contributed by atoms with Crippen molar-refractivity contribution in [3.8, 4) is 0 Å². The number of alkyl halides is 3. The molecule has 0 saturated carbocycles. The number of rotatable bonds is 3. The van der Waals surface area contributed by atoms with Crippen LogP contribution in [0.15, 0.2) is 27.5 Å². The van der Waals surface area contributed by atoms with Gasteiger partial charge in [-0.25, -0.2) is 17.2 Å². The van der Waals surface area contributed by atoms with Gasteiger partial charge >= 0.3 is 12.1 Å². The van der Waals surface area contributed by atoms with Crippen LogP contribution in [-0.2, 0) is 16.2 Å². The third-order valence-corrected chi connectivity index (χ3v) is 5.93. The quantitative estimate of drug-likeness (QED) is 0.745. The Morgan fingerprint density at radius 2 is 1.77 bits per heavy atom. The van der Waals surface area contributed by atoms with E-state index < -0.39 is 44.5 Å². The van der Waals surface area contributed by atoms with Crippen LogP contribution in [0.1, 0.15) is 30.5 Å². The molecule has 0 aliphatic carbocycles. The molecule has 0 radical (unpaired) electrons. The van der Waals surface area contributed by atoms with E-state index in [9.17, 15) is 30.4 Å². The number of nitrogens with zero attached hydrogens (tertiary/aromatic N) is 3. The van der Waals surface area contributed by atoms with Gasteiger partial charge in [0.1, 0.15) is 16.5 Å². The van der Waals surface area contributed by atoms with Crippen molar-refractivity contribution in [3.63, 3.8) is 0 Å². The first-order chi connectivity index (χ1) is 12.1. The molecule has 1 aliphatic heterocycles. The molecule has 6 nitrogen and oxygen atoms in total. The Balaban J connectivity index is 1.73. The second kappa shape index (κ2) is 6.58. The zero-order valence-electron chi connectivity index (χ0n) is 13.0. The van der Waals surface area contributed by atoms with E-state index in [1.807, 2.05) is 0 Å². The van der Waals surface area contributed by atoms with Crippen molar-refractivity contribution in [1.82, 2.24) is 14.5 Å². The highest BCUT2D eigenvalue weighted by Gasteiger charge is 2.40. The minimum absolute atomic E-state index is 0.0758. The summed E-state index contributed by atoms with van der Waals surface area (Å²) in [5.41, 5.74) is 0. The Labute approximate surface area is 144 Å². The molecule has 0 unspecified atom stereocenters. The van der Waals surface area contributed by atoms with Gasteiger partial charge in [-0.1, -0.05) is 0 Å². The lowest BCUT2D eigenvalue weighted by atomic mass is 9.98. The molecule has 1 aromatic heterocycles. The molecule has 0 bridgehead atoms. The number of hydrogen-bond acceptors (Lipinski definition) is 5. The van der Waals surface area contributed by atoms with E-state index in [2.05, 4.69) is 14.6 Å². The standard InChI is InChI=1S/C14H12F5N3O3S/c15-9-1-2-11(10(16)7-9)26(23,24)22-5-3-8(4-6-22)12-20-21-13(25-12)14(17,18)19/h1-2,7-8H,3-6H2. The minimum atomic E-state index is -4.75. The Morgan fingerprint density at radius 1 is 1.12 bits per heavy atom. The van der Waals surface area contributed by atoms with Crippen molar-refractivity contribution in [2.45, 2.75) is 29.8 Å². The van der Waals surface area contributed by atoms with E-state index in [0.717, 1.165) is 16.4 Å². The maximum atomic E-state index is 13.8. The smallest absolute Gasteiger partial charge is 0.417 e. The molecule has 0 N–H and O–H groups in total. The van der Waals surface area contributed by atoms with Crippen molar-refractivity contribution < 1.29 is 34.8 Å². The van der Waals surface area contributed by atoms with Gasteiger partial charge in [-0.3, -0.25) is 0 Å². The fourth-order valence-corrected chi connectivity index (χ4v) is 4.20. The summed E-state index contributed by atoms with van der Waals surface area (Å²) in [4.78, 5) is -0.658. The second-order valence-electron chi connectivity index (χ2n) is 5.70. The largest absolute Gasteiger partial charge is 0.470 e. The number of hydrogen-bond donors (Lipinski definition) is 0. The number of halogens is 5. The van der Waals surface area contributed by atoms with Crippen LogP contribution < -0.4 is 0 Å². The third kappa shape index (κ3) is 3.56. The third-order valence-electron chi connectivity index (χ3n) is 4.00. The van der Waals surface area contributed by atoms with E-state index in [1.54, 1.807) is 0 Å². The summed E-state index contributed by atoms with van der Waals surface area (Å²) in [6, 6.07) is 2.14. The summed E-state index contributed by atoms with van der Waals surface area (Å²) in [5, 5.41) is 6.31. The predicted octanol–water partition coefficient (Wildman–Crippen LogP) is 2.93. The summed E-state index contributed by atoms with van der Waals surface area (Å²) < 4.78 is 94.7. The summed E-state index contributed by atoms with van der Waals surface area (Å²) in [6.45, 7) is -0.152. The van der Waals surface area contributed by atoms with Gasteiger partial charge in [0.2, 0.25) is 15.9 Å². The van der Waals surface area contributed by atoms with E-state index in [0.29, 0.717) is 6.07 Å². The molecular weight excluding hydrogens is 385 g/mol. The second-order valence-corrected chi connectivity index (χ2v) is 7.60. The van der Waals surface area contributed by atoms with E-state index in [4.69, 9.17) is 0 Å². The Hall–Kier alpha value is -2.08. The van der Waals surface area contributed by atoms with Crippen LogP contribution >= 0.6 is 0 Å². The minimum Gasteiger partial charge on any atom is -0.417 e. The van der Waals surface area contributed by atoms with Gasteiger partial charge in [-0.15, -0.1) is 10.2 Å². The van der Waals surface area contributed by atoms with E-state index >= 15 is 0 Å². The SMILES string of the molecule is O=S(=O)(c1ccc(F)cc1F)N1CCC(c2nnc(C(F)(F)F)o2)CC1. The molecule has 0 atom stereocenters. The molecule has 2 aromatic rings. The first kappa shape index (κ1) is 18.7. The fraction of sp³-hybridized carbons (Fsp3) is 0.429. The van der Waals surface area contributed by atoms with E-state index in [1.165, 1.54) is 0 Å². The molecule has 1 fully saturated rings. The van der Waals surface area contributed by atoms with Gasteiger partial charge in [0, 0.05) is 25.1 Å². The summed E-state index contributed by atoms with van der Waals surface area (Å²) in [7, 11) is -4.19. The van der Waals surface area contributed by atoms with Crippen LogP contribution in [0.25, 0.3) is 0 Å².